The topological polar surface area (TPSA) is 12.5 Å². The second kappa shape index (κ2) is 4.82. The molecule has 0 unspecified atom stereocenters. The number of fused-ring (bicyclic) bond motifs is 1. The summed E-state index contributed by atoms with van der Waals surface area (Å²) >= 11 is 0. The van der Waals surface area contributed by atoms with Gasteiger partial charge in [-0.1, -0.05) is 20.4 Å². The molecule has 0 amide bonds. The van der Waals surface area contributed by atoms with Crippen LogP contribution in [0.1, 0.15) is 25.8 Å². The lowest BCUT2D eigenvalue weighted by molar-refractivity contribution is 0.289. The number of allylic oxidation sites excluding steroid dienone is 1. The first-order valence-corrected chi connectivity index (χ1v) is 6.25. The Kier molecular flexibility index (Phi) is 3.41. The minimum absolute atomic E-state index is 0.690. The summed E-state index contributed by atoms with van der Waals surface area (Å²) in [6.45, 7) is 9.28. The summed E-state index contributed by atoms with van der Waals surface area (Å²) in [5.74, 6) is 1.67. The second-order valence-electron chi connectivity index (χ2n) is 5.12. The predicted molar refractivity (Wildman–Crippen MR) is 72.6 cm³/mol. The molecule has 1 aliphatic heterocycles. The van der Waals surface area contributed by atoms with E-state index in [0.717, 1.165) is 30.9 Å². The van der Waals surface area contributed by atoms with Crippen LogP contribution in [0, 0.1) is 5.92 Å². The number of nitrogens with zero attached hydrogens (tertiary/aromatic N) is 1. The van der Waals surface area contributed by atoms with E-state index in [9.17, 15) is 0 Å². The molecule has 0 saturated heterocycles. The molecule has 2 rings (SSSR count). The second-order valence-corrected chi connectivity index (χ2v) is 5.12. The first-order valence-electron chi connectivity index (χ1n) is 6.25. The van der Waals surface area contributed by atoms with E-state index < -0.39 is 0 Å². The lowest BCUT2D eigenvalue weighted by Crippen LogP contribution is -2.09. The average Bonchev–Trinajstić information content (AvgIpc) is 2.54. The van der Waals surface area contributed by atoms with Gasteiger partial charge in [-0.25, -0.2) is 0 Å². The molecule has 1 aromatic rings. The van der Waals surface area contributed by atoms with Gasteiger partial charge in [-0.2, -0.15) is 0 Å². The van der Waals surface area contributed by atoms with Crippen LogP contribution in [0.4, 0.5) is 5.69 Å². The van der Waals surface area contributed by atoms with Crippen molar-refractivity contribution in [2.24, 2.45) is 5.92 Å². The highest BCUT2D eigenvalue weighted by Gasteiger charge is 2.19. The van der Waals surface area contributed by atoms with Crippen LogP contribution in [0.5, 0.6) is 5.75 Å². The van der Waals surface area contributed by atoms with Crippen molar-refractivity contribution >= 4 is 5.69 Å². The lowest BCUT2D eigenvalue weighted by atomic mass is 10.1. The highest BCUT2D eigenvalue weighted by atomic mass is 16.5. The molecule has 0 aromatic heterocycles. The van der Waals surface area contributed by atoms with E-state index >= 15 is 0 Å². The van der Waals surface area contributed by atoms with Gasteiger partial charge >= 0.3 is 0 Å². The Hall–Kier alpha value is -1.44. The highest BCUT2D eigenvalue weighted by molar-refractivity contribution is 5.65. The van der Waals surface area contributed by atoms with E-state index in [4.69, 9.17) is 4.74 Å². The SMILES string of the molecule is C=C1Cc2cc(OCCC(C)C)ccc2N1C. The summed E-state index contributed by atoms with van der Waals surface area (Å²) < 4.78 is 5.76. The third-order valence-corrected chi connectivity index (χ3v) is 3.25. The molecule has 0 bridgehead atoms. The zero-order chi connectivity index (χ0) is 12.4. The van der Waals surface area contributed by atoms with Gasteiger partial charge in [0.2, 0.25) is 0 Å². The number of ether oxygens (including phenoxy) is 1. The summed E-state index contributed by atoms with van der Waals surface area (Å²) in [6.07, 6.45) is 2.04. The first kappa shape index (κ1) is 12.0. The summed E-state index contributed by atoms with van der Waals surface area (Å²) in [5.41, 5.74) is 3.73. The van der Waals surface area contributed by atoms with Crippen LogP contribution in [0.25, 0.3) is 0 Å². The van der Waals surface area contributed by atoms with Crippen molar-refractivity contribution < 1.29 is 4.74 Å². The Balaban J connectivity index is 2.03. The molecule has 92 valence electrons. The standard InChI is InChI=1S/C15H21NO/c1-11(2)7-8-17-14-5-6-15-13(10-14)9-12(3)16(15)4/h5-6,10-11H,3,7-9H2,1-2,4H3. The fraction of sp³-hybridized carbons (Fsp3) is 0.467. The highest BCUT2D eigenvalue weighted by Crippen LogP contribution is 2.34. The molecule has 0 spiro atoms. The van der Waals surface area contributed by atoms with Gasteiger partial charge < -0.3 is 9.64 Å². The van der Waals surface area contributed by atoms with Crippen molar-refractivity contribution in [3.8, 4) is 5.75 Å². The number of likely N-dealkylation sites (N-methyl/N-ethyl adjacent to an activating group) is 1. The monoisotopic (exact) mass is 231 g/mol. The van der Waals surface area contributed by atoms with Gasteiger partial charge in [0, 0.05) is 24.9 Å². The molecule has 0 fully saturated rings. The Morgan fingerprint density at radius 1 is 1.41 bits per heavy atom. The fourth-order valence-electron chi connectivity index (χ4n) is 2.04. The number of anilines is 1. The minimum atomic E-state index is 0.690. The average molecular weight is 231 g/mol. The van der Waals surface area contributed by atoms with Crippen molar-refractivity contribution in [2.45, 2.75) is 26.7 Å². The number of hydrogen-bond acceptors (Lipinski definition) is 2. The Labute approximate surface area is 104 Å². The quantitative estimate of drug-likeness (QED) is 0.784. The van der Waals surface area contributed by atoms with Crippen molar-refractivity contribution in [1.29, 1.82) is 0 Å². The smallest absolute Gasteiger partial charge is 0.119 e. The summed E-state index contributed by atoms with van der Waals surface area (Å²) in [7, 11) is 2.06. The first-order chi connectivity index (χ1) is 8.08. The van der Waals surface area contributed by atoms with Crippen LogP contribution in [0.2, 0.25) is 0 Å². The molecular formula is C15H21NO. The van der Waals surface area contributed by atoms with Crippen LogP contribution in [-0.2, 0) is 6.42 Å². The number of hydrogen-bond donors (Lipinski definition) is 0. The lowest BCUT2D eigenvalue weighted by Gasteiger charge is -2.14. The van der Waals surface area contributed by atoms with E-state index in [-0.39, 0.29) is 0 Å². The van der Waals surface area contributed by atoms with Crippen LogP contribution in [0.15, 0.2) is 30.5 Å². The Morgan fingerprint density at radius 3 is 2.88 bits per heavy atom. The largest absolute Gasteiger partial charge is 0.494 e. The minimum Gasteiger partial charge on any atom is -0.494 e. The number of benzene rings is 1. The van der Waals surface area contributed by atoms with Crippen molar-refractivity contribution in [2.75, 3.05) is 18.6 Å². The maximum Gasteiger partial charge on any atom is 0.119 e. The zero-order valence-corrected chi connectivity index (χ0v) is 11.0. The molecule has 0 saturated carbocycles. The van der Waals surface area contributed by atoms with Crippen LogP contribution >= 0.6 is 0 Å². The van der Waals surface area contributed by atoms with Gasteiger partial charge in [-0.3, -0.25) is 0 Å². The van der Waals surface area contributed by atoms with Gasteiger partial charge in [-0.15, -0.1) is 0 Å². The summed E-state index contributed by atoms with van der Waals surface area (Å²) in [6, 6.07) is 6.32. The van der Waals surface area contributed by atoms with Gasteiger partial charge in [0.15, 0.2) is 0 Å². The van der Waals surface area contributed by atoms with Crippen LogP contribution in [-0.4, -0.2) is 13.7 Å². The third kappa shape index (κ3) is 2.63. The van der Waals surface area contributed by atoms with Crippen LogP contribution < -0.4 is 9.64 Å². The summed E-state index contributed by atoms with van der Waals surface area (Å²) in [5, 5.41) is 0. The van der Waals surface area contributed by atoms with Gasteiger partial charge in [0.05, 0.1) is 6.61 Å². The van der Waals surface area contributed by atoms with Crippen molar-refractivity contribution in [1.82, 2.24) is 0 Å². The van der Waals surface area contributed by atoms with E-state index in [1.165, 1.54) is 11.3 Å². The molecule has 1 aliphatic rings. The molecule has 2 heteroatoms. The molecule has 17 heavy (non-hydrogen) atoms. The Bertz CT molecular complexity index is 423. The van der Waals surface area contributed by atoms with E-state index in [2.05, 4.69) is 44.5 Å². The van der Waals surface area contributed by atoms with E-state index in [1.54, 1.807) is 0 Å². The zero-order valence-electron chi connectivity index (χ0n) is 11.0. The van der Waals surface area contributed by atoms with Gasteiger partial charge in [0.25, 0.3) is 0 Å². The summed E-state index contributed by atoms with van der Waals surface area (Å²) in [4.78, 5) is 2.15. The third-order valence-electron chi connectivity index (χ3n) is 3.25. The maximum absolute atomic E-state index is 5.76. The number of rotatable bonds is 4. The van der Waals surface area contributed by atoms with Crippen LogP contribution in [0.3, 0.4) is 0 Å². The van der Waals surface area contributed by atoms with Crippen molar-refractivity contribution in [3.05, 3.63) is 36.0 Å². The molecule has 0 atom stereocenters. The maximum atomic E-state index is 5.76. The fourth-order valence-corrected chi connectivity index (χ4v) is 2.04. The molecule has 1 heterocycles. The van der Waals surface area contributed by atoms with E-state index in [0.29, 0.717) is 5.92 Å². The molecule has 0 aliphatic carbocycles. The molecule has 0 N–H and O–H groups in total. The van der Waals surface area contributed by atoms with E-state index in [1.807, 2.05) is 6.07 Å². The molecular weight excluding hydrogens is 210 g/mol. The van der Waals surface area contributed by atoms with Gasteiger partial charge in [-0.05, 0) is 36.1 Å². The van der Waals surface area contributed by atoms with Crippen molar-refractivity contribution in [3.63, 3.8) is 0 Å². The Morgan fingerprint density at radius 2 is 2.18 bits per heavy atom. The predicted octanol–water partition coefficient (Wildman–Crippen LogP) is 3.62. The normalized spacial score (nSPS) is 14.4. The molecule has 1 aromatic carbocycles. The van der Waals surface area contributed by atoms with Gasteiger partial charge in [0.1, 0.15) is 5.75 Å². The molecule has 2 nitrogen and oxygen atoms in total. The molecule has 0 radical (unpaired) electrons.